The van der Waals surface area contributed by atoms with Gasteiger partial charge in [0.25, 0.3) is 0 Å². The van der Waals surface area contributed by atoms with Crippen LogP contribution in [-0.2, 0) is 11.3 Å². The molecule has 17 heavy (non-hydrogen) atoms. The average molecular weight is 260 g/mol. The van der Waals surface area contributed by atoms with E-state index >= 15 is 0 Å². The summed E-state index contributed by atoms with van der Waals surface area (Å²) >= 11 is 0. The Morgan fingerprint density at radius 1 is 1.41 bits per heavy atom. The molecule has 1 unspecified atom stereocenters. The van der Waals surface area contributed by atoms with E-state index in [-0.39, 0.29) is 25.4 Å². The normalized spacial score (nSPS) is 24.3. The molecule has 0 amide bonds. The van der Waals surface area contributed by atoms with E-state index in [4.69, 9.17) is 5.11 Å². The van der Waals surface area contributed by atoms with Gasteiger partial charge in [0, 0.05) is 26.1 Å². The number of carbonyl (C=O) groups is 1. The molecule has 0 radical (unpaired) electrons. The quantitative estimate of drug-likeness (QED) is 0.904. The van der Waals surface area contributed by atoms with Gasteiger partial charge in [0.05, 0.1) is 0 Å². The van der Waals surface area contributed by atoms with E-state index in [2.05, 4.69) is 0 Å². The van der Waals surface area contributed by atoms with Crippen LogP contribution in [-0.4, -0.2) is 34.7 Å². The molecule has 0 aliphatic carbocycles. The first kappa shape index (κ1) is 13.9. The average Bonchev–Trinajstić information content (AvgIpc) is 2.63. The van der Waals surface area contributed by atoms with Crippen molar-refractivity contribution in [2.45, 2.75) is 18.6 Å². The van der Waals surface area contributed by atoms with Crippen molar-refractivity contribution in [3.8, 4) is 0 Å². The number of hydrogen-bond acceptors (Lipinski definition) is 2. The van der Waals surface area contributed by atoms with E-state index in [1.54, 1.807) is 0 Å². The lowest BCUT2D eigenvalue weighted by Gasteiger charge is -2.17. The van der Waals surface area contributed by atoms with Gasteiger partial charge in [-0.05, 0) is 5.56 Å². The largest absolute Gasteiger partial charge is 0.479 e. The summed E-state index contributed by atoms with van der Waals surface area (Å²) < 4.78 is 13.7. The minimum absolute atomic E-state index is 0. The number of nitrogens with zero attached hydrogens (tertiary/aromatic N) is 1. The third-order valence-corrected chi connectivity index (χ3v) is 2.93. The van der Waals surface area contributed by atoms with Crippen molar-refractivity contribution >= 4 is 18.4 Å². The molecule has 1 aliphatic rings. The summed E-state index contributed by atoms with van der Waals surface area (Å²) in [5.41, 5.74) is -0.980. The third-order valence-electron chi connectivity index (χ3n) is 2.93. The van der Waals surface area contributed by atoms with Crippen LogP contribution in [0.3, 0.4) is 0 Å². The van der Waals surface area contributed by atoms with Gasteiger partial charge in [-0.25, -0.2) is 9.18 Å². The maximum absolute atomic E-state index is 13.7. The molecule has 0 bridgehead atoms. The highest BCUT2D eigenvalue weighted by molar-refractivity contribution is 5.85. The first-order valence-corrected chi connectivity index (χ1v) is 5.29. The molecular formula is C12H15ClFNO2. The minimum atomic E-state index is -2.06. The molecule has 94 valence electrons. The Morgan fingerprint density at radius 2 is 2.06 bits per heavy atom. The maximum Gasteiger partial charge on any atom is 0.342 e. The van der Waals surface area contributed by atoms with Crippen LogP contribution in [0.5, 0.6) is 0 Å². The van der Waals surface area contributed by atoms with Crippen molar-refractivity contribution in [2.24, 2.45) is 0 Å². The number of alkyl halides is 1. The van der Waals surface area contributed by atoms with Gasteiger partial charge >= 0.3 is 5.97 Å². The van der Waals surface area contributed by atoms with Gasteiger partial charge in [-0.2, -0.15) is 0 Å². The van der Waals surface area contributed by atoms with Crippen LogP contribution in [0.15, 0.2) is 30.3 Å². The molecule has 1 saturated heterocycles. The fourth-order valence-corrected chi connectivity index (χ4v) is 2.00. The predicted octanol–water partition coefficient (Wildman–Crippen LogP) is 2.11. The SMILES string of the molecule is Cl.O=C(O)C1(F)CCN(Cc2ccccc2)C1. The molecule has 1 aliphatic heterocycles. The van der Waals surface area contributed by atoms with Crippen molar-refractivity contribution in [1.82, 2.24) is 4.90 Å². The number of halogens is 2. The van der Waals surface area contributed by atoms with E-state index < -0.39 is 11.6 Å². The number of hydrogen-bond donors (Lipinski definition) is 1. The number of benzene rings is 1. The zero-order valence-corrected chi connectivity index (χ0v) is 10.1. The Morgan fingerprint density at radius 3 is 2.59 bits per heavy atom. The van der Waals surface area contributed by atoms with E-state index in [0.29, 0.717) is 13.1 Å². The number of rotatable bonds is 3. The Hall–Kier alpha value is -1.13. The Labute approximate surface area is 106 Å². The van der Waals surface area contributed by atoms with Crippen molar-refractivity contribution in [3.05, 3.63) is 35.9 Å². The molecule has 1 aromatic rings. The van der Waals surface area contributed by atoms with Crippen LogP contribution in [0.1, 0.15) is 12.0 Å². The number of carboxylic acid groups (broad SMARTS) is 1. The Bertz CT molecular complexity index is 387. The third kappa shape index (κ3) is 3.17. The van der Waals surface area contributed by atoms with Crippen LogP contribution >= 0.6 is 12.4 Å². The van der Waals surface area contributed by atoms with E-state index in [1.165, 1.54) is 0 Å². The van der Waals surface area contributed by atoms with Gasteiger partial charge < -0.3 is 5.11 Å². The summed E-state index contributed by atoms with van der Waals surface area (Å²) in [5, 5.41) is 8.75. The summed E-state index contributed by atoms with van der Waals surface area (Å²) in [6, 6.07) is 9.68. The molecule has 1 aromatic carbocycles. The van der Waals surface area contributed by atoms with E-state index in [9.17, 15) is 9.18 Å². The number of carboxylic acids is 1. The maximum atomic E-state index is 13.7. The second kappa shape index (κ2) is 5.47. The minimum Gasteiger partial charge on any atom is -0.479 e. The van der Waals surface area contributed by atoms with Gasteiger partial charge in [-0.15, -0.1) is 12.4 Å². The number of likely N-dealkylation sites (tertiary alicyclic amines) is 1. The summed E-state index contributed by atoms with van der Waals surface area (Å²) in [4.78, 5) is 12.6. The van der Waals surface area contributed by atoms with Gasteiger partial charge in [0.1, 0.15) is 0 Å². The van der Waals surface area contributed by atoms with Crippen molar-refractivity contribution < 1.29 is 14.3 Å². The van der Waals surface area contributed by atoms with Gasteiger partial charge in [0.15, 0.2) is 0 Å². The molecule has 3 nitrogen and oxygen atoms in total. The van der Waals surface area contributed by atoms with E-state index in [0.717, 1.165) is 5.56 Å². The summed E-state index contributed by atoms with van der Waals surface area (Å²) in [6.45, 7) is 1.09. The number of aliphatic carboxylic acids is 1. The lowest BCUT2D eigenvalue weighted by atomic mass is 10.1. The molecule has 0 aromatic heterocycles. The molecule has 1 N–H and O–H groups in total. The molecule has 5 heteroatoms. The lowest BCUT2D eigenvalue weighted by molar-refractivity contribution is -0.149. The van der Waals surface area contributed by atoms with Crippen LogP contribution in [0.4, 0.5) is 4.39 Å². The van der Waals surface area contributed by atoms with Gasteiger partial charge in [-0.1, -0.05) is 30.3 Å². The van der Waals surface area contributed by atoms with E-state index in [1.807, 2.05) is 35.2 Å². The predicted molar refractivity (Wildman–Crippen MR) is 65.1 cm³/mol. The fraction of sp³-hybridized carbons (Fsp3) is 0.417. The van der Waals surface area contributed by atoms with Crippen molar-refractivity contribution in [3.63, 3.8) is 0 Å². The van der Waals surface area contributed by atoms with Crippen LogP contribution in [0.25, 0.3) is 0 Å². The van der Waals surface area contributed by atoms with Crippen LogP contribution in [0, 0.1) is 0 Å². The van der Waals surface area contributed by atoms with Crippen molar-refractivity contribution in [1.29, 1.82) is 0 Å². The zero-order chi connectivity index (χ0) is 11.6. The van der Waals surface area contributed by atoms with Crippen molar-refractivity contribution in [2.75, 3.05) is 13.1 Å². The standard InChI is InChI=1S/C12H14FNO2.ClH/c13-12(11(15)16)6-7-14(9-12)8-10-4-2-1-3-5-10;/h1-5H,6-9H2,(H,15,16);1H. The second-order valence-corrected chi connectivity index (χ2v) is 4.22. The molecule has 0 spiro atoms. The first-order chi connectivity index (χ1) is 7.60. The molecule has 0 saturated carbocycles. The fourth-order valence-electron chi connectivity index (χ4n) is 2.00. The molecule has 1 fully saturated rings. The molecule has 1 heterocycles. The highest BCUT2D eigenvalue weighted by Gasteiger charge is 2.45. The molecular weight excluding hydrogens is 245 g/mol. The van der Waals surface area contributed by atoms with Crippen LogP contribution in [0.2, 0.25) is 0 Å². The summed E-state index contributed by atoms with van der Waals surface area (Å²) in [7, 11) is 0. The summed E-state index contributed by atoms with van der Waals surface area (Å²) in [5.74, 6) is -1.34. The second-order valence-electron chi connectivity index (χ2n) is 4.22. The monoisotopic (exact) mass is 259 g/mol. The van der Waals surface area contributed by atoms with Gasteiger partial charge in [-0.3, -0.25) is 4.90 Å². The topological polar surface area (TPSA) is 40.5 Å². The molecule has 2 rings (SSSR count). The lowest BCUT2D eigenvalue weighted by Crippen LogP contribution is -2.36. The zero-order valence-electron chi connectivity index (χ0n) is 9.30. The van der Waals surface area contributed by atoms with Crippen LogP contribution < -0.4 is 0 Å². The first-order valence-electron chi connectivity index (χ1n) is 5.29. The highest BCUT2D eigenvalue weighted by Crippen LogP contribution is 2.26. The Kier molecular flexibility index (Phi) is 4.48. The van der Waals surface area contributed by atoms with Gasteiger partial charge in [0.2, 0.25) is 5.67 Å². The summed E-state index contributed by atoms with van der Waals surface area (Å²) in [6.07, 6.45) is 0.0785. The molecule has 1 atom stereocenters. The smallest absolute Gasteiger partial charge is 0.342 e. The highest BCUT2D eigenvalue weighted by atomic mass is 35.5. The Balaban J connectivity index is 0.00000144.